The number of fused-ring (bicyclic) bond motifs is 1. The lowest BCUT2D eigenvalue weighted by Gasteiger charge is -2.14. The fourth-order valence-electron chi connectivity index (χ4n) is 2.26. The molecule has 104 valence electrons. The van der Waals surface area contributed by atoms with Crippen molar-refractivity contribution >= 4 is 33.2 Å². The summed E-state index contributed by atoms with van der Waals surface area (Å²) >= 11 is 9.51. The summed E-state index contributed by atoms with van der Waals surface area (Å²) in [5.74, 6) is 0.539. The SMILES string of the molecule is Fc1ccc2c(c1)CC(CNc1ccc(Br)cc1Cl)O2. The van der Waals surface area contributed by atoms with Gasteiger partial charge in [-0.25, -0.2) is 4.39 Å². The first-order valence-electron chi connectivity index (χ1n) is 6.26. The number of ether oxygens (including phenoxy) is 1. The van der Waals surface area contributed by atoms with E-state index in [1.54, 1.807) is 6.07 Å². The van der Waals surface area contributed by atoms with Gasteiger partial charge in [0.1, 0.15) is 17.7 Å². The molecule has 0 fully saturated rings. The number of rotatable bonds is 3. The number of anilines is 1. The van der Waals surface area contributed by atoms with Crippen LogP contribution in [0.4, 0.5) is 10.1 Å². The van der Waals surface area contributed by atoms with Crippen LogP contribution in [0.1, 0.15) is 5.56 Å². The van der Waals surface area contributed by atoms with Crippen molar-refractivity contribution in [1.82, 2.24) is 0 Å². The highest BCUT2D eigenvalue weighted by molar-refractivity contribution is 9.10. The molecule has 0 saturated carbocycles. The molecule has 3 rings (SSSR count). The average Bonchev–Trinajstić information content (AvgIpc) is 2.79. The highest BCUT2D eigenvalue weighted by Gasteiger charge is 2.23. The molecule has 0 spiro atoms. The van der Waals surface area contributed by atoms with Crippen molar-refractivity contribution in [3.8, 4) is 5.75 Å². The molecule has 0 aliphatic carbocycles. The van der Waals surface area contributed by atoms with E-state index >= 15 is 0 Å². The van der Waals surface area contributed by atoms with Gasteiger partial charge in [0.2, 0.25) is 0 Å². The summed E-state index contributed by atoms with van der Waals surface area (Å²) in [6.07, 6.45) is 0.695. The highest BCUT2D eigenvalue weighted by atomic mass is 79.9. The van der Waals surface area contributed by atoms with E-state index in [-0.39, 0.29) is 11.9 Å². The third-order valence-corrected chi connectivity index (χ3v) is 4.02. The molecule has 1 unspecified atom stereocenters. The van der Waals surface area contributed by atoms with Gasteiger partial charge < -0.3 is 10.1 Å². The molecule has 1 aliphatic rings. The van der Waals surface area contributed by atoms with Crippen LogP contribution >= 0.6 is 27.5 Å². The first-order valence-corrected chi connectivity index (χ1v) is 7.43. The summed E-state index contributed by atoms with van der Waals surface area (Å²) in [5, 5.41) is 3.91. The molecule has 20 heavy (non-hydrogen) atoms. The largest absolute Gasteiger partial charge is 0.488 e. The summed E-state index contributed by atoms with van der Waals surface area (Å²) in [4.78, 5) is 0. The zero-order valence-corrected chi connectivity index (χ0v) is 12.8. The second kappa shape index (κ2) is 5.62. The van der Waals surface area contributed by atoms with Gasteiger partial charge >= 0.3 is 0 Å². The fraction of sp³-hybridized carbons (Fsp3) is 0.200. The van der Waals surface area contributed by atoms with Gasteiger partial charge in [-0.1, -0.05) is 27.5 Å². The van der Waals surface area contributed by atoms with Gasteiger partial charge in [0, 0.05) is 16.5 Å². The van der Waals surface area contributed by atoms with Crippen LogP contribution in [0.15, 0.2) is 40.9 Å². The number of hydrogen-bond acceptors (Lipinski definition) is 2. The van der Waals surface area contributed by atoms with Crippen LogP contribution in [0.5, 0.6) is 5.75 Å². The Kier molecular flexibility index (Phi) is 3.85. The second-order valence-electron chi connectivity index (χ2n) is 4.70. The zero-order chi connectivity index (χ0) is 14.1. The standard InChI is InChI=1S/C15H12BrClFNO/c16-10-1-3-14(13(17)7-10)19-8-12-6-9-5-11(18)2-4-15(9)20-12/h1-5,7,12,19H,6,8H2. The van der Waals surface area contributed by atoms with Crippen molar-refractivity contribution in [2.45, 2.75) is 12.5 Å². The van der Waals surface area contributed by atoms with Gasteiger partial charge in [-0.15, -0.1) is 0 Å². The molecule has 0 aromatic heterocycles. The van der Waals surface area contributed by atoms with Gasteiger partial charge in [0.15, 0.2) is 0 Å². The van der Waals surface area contributed by atoms with Crippen LogP contribution in [-0.4, -0.2) is 12.6 Å². The average molecular weight is 357 g/mol. The smallest absolute Gasteiger partial charge is 0.123 e. The Balaban J connectivity index is 1.63. The quantitative estimate of drug-likeness (QED) is 0.864. The van der Waals surface area contributed by atoms with E-state index in [2.05, 4.69) is 21.2 Å². The maximum absolute atomic E-state index is 13.1. The van der Waals surface area contributed by atoms with Crippen LogP contribution in [-0.2, 0) is 6.42 Å². The van der Waals surface area contributed by atoms with E-state index in [1.165, 1.54) is 12.1 Å². The Hall–Kier alpha value is -1.26. The van der Waals surface area contributed by atoms with E-state index < -0.39 is 0 Å². The first-order chi connectivity index (χ1) is 9.61. The second-order valence-corrected chi connectivity index (χ2v) is 6.02. The van der Waals surface area contributed by atoms with E-state index in [1.807, 2.05) is 18.2 Å². The molecule has 2 aromatic rings. The maximum atomic E-state index is 13.1. The minimum Gasteiger partial charge on any atom is -0.488 e. The van der Waals surface area contributed by atoms with Crippen LogP contribution in [0.25, 0.3) is 0 Å². The Morgan fingerprint density at radius 3 is 2.95 bits per heavy atom. The summed E-state index contributed by atoms with van der Waals surface area (Å²) < 4.78 is 19.8. The number of hydrogen-bond donors (Lipinski definition) is 1. The molecule has 2 aromatic carbocycles. The van der Waals surface area contributed by atoms with Gasteiger partial charge in [-0.3, -0.25) is 0 Å². The van der Waals surface area contributed by atoms with E-state index in [9.17, 15) is 4.39 Å². The molecule has 0 amide bonds. The lowest BCUT2D eigenvalue weighted by atomic mass is 10.1. The van der Waals surface area contributed by atoms with Gasteiger partial charge in [-0.05, 0) is 36.4 Å². The van der Waals surface area contributed by atoms with Crippen LogP contribution < -0.4 is 10.1 Å². The van der Waals surface area contributed by atoms with Crippen LogP contribution in [0.3, 0.4) is 0 Å². The molecule has 0 saturated heterocycles. The lowest BCUT2D eigenvalue weighted by Crippen LogP contribution is -2.24. The first kappa shape index (κ1) is 13.7. The summed E-state index contributed by atoms with van der Waals surface area (Å²) in [6, 6.07) is 10.3. The molecule has 0 radical (unpaired) electrons. The lowest BCUT2D eigenvalue weighted by molar-refractivity contribution is 0.246. The Morgan fingerprint density at radius 2 is 2.15 bits per heavy atom. The van der Waals surface area contributed by atoms with Crippen molar-refractivity contribution in [2.75, 3.05) is 11.9 Å². The molecular formula is C15H12BrClFNO. The molecular weight excluding hydrogens is 345 g/mol. The number of halogens is 3. The Morgan fingerprint density at radius 1 is 1.30 bits per heavy atom. The molecule has 2 nitrogen and oxygen atoms in total. The highest BCUT2D eigenvalue weighted by Crippen LogP contribution is 2.30. The van der Waals surface area contributed by atoms with E-state index in [0.29, 0.717) is 18.0 Å². The Labute approximate surface area is 130 Å². The normalized spacial score (nSPS) is 16.6. The molecule has 5 heteroatoms. The fourth-order valence-corrected chi connectivity index (χ4v) is 3.00. The van der Waals surface area contributed by atoms with Crippen molar-refractivity contribution < 1.29 is 9.13 Å². The summed E-state index contributed by atoms with van der Waals surface area (Å²) in [5.41, 5.74) is 1.78. The number of benzene rings is 2. The number of nitrogens with one attached hydrogen (secondary N) is 1. The molecule has 1 aliphatic heterocycles. The predicted molar refractivity (Wildman–Crippen MR) is 82.2 cm³/mol. The third-order valence-electron chi connectivity index (χ3n) is 3.22. The van der Waals surface area contributed by atoms with Crippen LogP contribution in [0, 0.1) is 5.82 Å². The summed E-state index contributed by atoms with van der Waals surface area (Å²) in [6.45, 7) is 0.623. The van der Waals surface area contributed by atoms with Crippen molar-refractivity contribution in [1.29, 1.82) is 0 Å². The minimum atomic E-state index is -0.225. The van der Waals surface area contributed by atoms with Crippen molar-refractivity contribution in [3.63, 3.8) is 0 Å². The maximum Gasteiger partial charge on any atom is 0.123 e. The topological polar surface area (TPSA) is 21.3 Å². The molecule has 1 heterocycles. The van der Waals surface area contributed by atoms with E-state index in [0.717, 1.165) is 21.5 Å². The van der Waals surface area contributed by atoms with E-state index in [4.69, 9.17) is 16.3 Å². The van der Waals surface area contributed by atoms with Gasteiger partial charge in [0.05, 0.1) is 17.3 Å². The molecule has 1 atom stereocenters. The monoisotopic (exact) mass is 355 g/mol. The molecule has 0 bridgehead atoms. The third kappa shape index (κ3) is 2.91. The van der Waals surface area contributed by atoms with Crippen molar-refractivity contribution in [2.24, 2.45) is 0 Å². The van der Waals surface area contributed by atoms with Crippen molar-refractivity contribution in [3.05, 3.63) is 57.3 Å². The predicted octanol–water partition coefficient (Wildman–Crippen LogP) is 4.66. The zero-order valence-electron chi connectivity index (χ0n) is 10.5. The summed E-state index contributed by atoms with van der Waals surface area (Å²) in [7, 11) is 0. The Bertz CT molecular complexity index is 650. The minimum absolute atomic E-state index is 0.00786. The van der Waals surface area contributed by atoms with Gasteiger partial charge in [0.25, 0.3) is 0 Å². The van der Waals surface area contributed by atoms with Crippen LogP contribution in [0.2, 0.25) is 5.02 Å². The van der Waals surface area contributed by atoms with Gasteiger partial charge in [-0.2, -0.15) is 0 Å². The molecule has 1 N–H and O–H groups in total.